The van der Waals surface area contributed by atoms with E-state index in [1.807, 2.05) is 23.5 Å². The number of rotatable bonds is 15. The number of halogens is 16. The average molecular weight is 1610 g/mol. The van der Waals surface area contributed by atoms with Gasteiger partial charge in [0.2, 0.25) is 17.5 Å². The molecule has 0 aliphatic carbocycles. The van der Waals surface area contributed by atoms with Gasteiger partial charge >= 0.3 is 21.2 Å². The lowest BCUT2D eigenvalue weighted by Crippen LogP contribution is -3.61. The van der Waals surface area contributed by atoms with Crippen LogP contribution in [0, 0.1) is 94.4 Å². The standard InChI is InChI=1S/C48H36IS4.3C6HF5O3S/c1-5-13-43(14-6-1)52(44-15-7-2-8-16-44)47-33-29-41(30-34-47)50-39-25-21-37(22-26-39)49-38-23-27-40(28-24-38)51-42-31-35-48(36-32-42)53(45-17-9-3-10-18-45)46-19-11-4-12-20-46;3*7-1-2(8)4(10)6(15(12,13)14)5(11)3(1)9/h1-36H;3*(H,12,13,14)/q+3;;;/p-3. The molecule has 0 aliphatic rings. The molecule has 11 aromatic carbocycles. The molecule has 0 amide bonds. The molecule has 0 heterocycles. The Hall–Kier alpha value is -7.77. The van der Waals surface area contributed by atoms with Crippen LogP contribution in [0.15, 0.2) is 282 Å². The summed E-state index contributed by atoms with van der Waals surface area (Å²) in [4.78, 5) is 5.98. The highest BCUT2D eigenvalue weighted by atomic mass is 127. The van der Waals surface area contributed by atoms with Crippen LogP contribution in [0.25, 0.3) is 0 Å². The molecule has 32 heteroatoms. The highest BCUT2D eigenvalue weighted by Gasteiger charge is 2.34. The van der Waals surface area contributed by atoms with E-state index in [0.29, 0.717) is 0 Å². The fourth-order valence-corrected chi connectivity index (χ4v) is 18.1. The maximum Gasteiger partial charge on any atom is 0.357 e. The van der Waals surface area contributed by atoms with Crippen molar-refractivity contribution in [3.8, 4) is 0 Å². The summed E-state index contributed by atoms with van der Waals surface area (Å²) in [5.74, 6) is -38.5. The molecular formula is C66H36F15IO9S7. The summed E-state index contributed by atoms with van der Waals surface area (Å²) < 4.78 is 282. The van der Waals surface area contributed by atoms with Gasteiger partial charge in [-0.3, -0.25) is 0 Å². The molecule has 0 aromatic heterocycles. The van der Waals surface area contributed by atoms with Crippen LogP contribution in [-0.4, -0.2) is 38.9 Å². The molecule has 9 nitrogen and oxygen atoms in total. The Bertz CT molecular complexity index is 4450. The molecule has 0 atom stereocenters. The van der Waals surface area contributed by atoms with Crippen molar-refractivity contribution < 1.29 is 126 Å². The van der Waals surface area contributed by atoms with E-state index in [4.69, 9.17) is 0 Å². The van der Waals surface area contributed by atoms with E-state index in [-0.39, 0.29) is 43.0 Å². The molecule has 0 aliphatic heterocycles. The third-order valence-corrected chi connectivity index (χ3v) is 24.4. The lowest BCUT2D eigenvalue weighted by molar-refractivity contribution is -0.597. The molecule has 0 saturated heterocycles. The van der Waals surface area contributed by atoms with Crippen molar-refractivity contribution in [3.63, 3.8) is 0 Å². The van der Waals surface area contributed by atoms with Gasteiger partial charge in [0.1, 0.15) is 45.0 Å². The Morgan fingerprint density at radius 3 is 0.582 bits per heavy atom. The second-order valence-electron chi connectivity index (χ2n) is 19.1. The summed E-state index contributed by atoms with van der Waals surface area (Å²) in [5, 5.41) is 0. The van der Waals surface area contributed by atoms with E-state index in [1.54, 1.807) is 0 Å². The lowest BCUT2D eigenvalue weighted by Gasteiger charge is -2.10. The van der Waals surface area contributed by atoms with Crippen LogP contribution in [0.2, 0.25) is 0 Å². The lowest BCUT2D eigenvalue weighted by atomic mass is 10.3. The number of hydrogen-bond donors (Lipinski definition) is 0. The third kappa shape index (κ3) is 18.6. The average Bonchev–Trinajstić information content (AvgIpc) is 0.803. The second-order valence-corrected chi connectivity index (χ2v) is 32.4. The molecule has 0 fully saturated rings. The summed E-state index contributed by atoms with van der Waals surface area (Å²) in [6.45, 7) is 0. The third-order valence-electron chi connectivity index (χ3n) is 12.6. The number of benzene rings is 11. The first-order chi connectivity index (χ1) is 46.3. The topological polar surface area (TPSA) is 172 Å². The van der Waals surface area contributed by atoms with Crippen molar-refractivity contribution >= 4 is 75.7 Å². The molecule has 0 radical (unpaired) electrons. The largest absolute Gasteiger partial charge is 0.744 e. The Kier molecular flexibility index (Phi) is 25.5. The summed E-state index contributed by atoms with van der Waals surface area (Å²) in [5.41, 5.74) is 0. The second kappa shape index (κ2) is 32.9. The Labute approximate surface area is 573 Å². The van der Waals surface area contributed by atoms with E-state index in [0.717, 1.165) is 0 Å². The van der Waals surface area contributed by atoms with Crippen LogP contribution in [0.5, 0.6) is 0 Å². The van der Waals surface area contributed by atoms with Crippen molar-refractivity contribution in [2.45, 2.75) is 63.6 Å². The van der Waals surface area contributed by atoms with E-state index in [9.17, 15) is 105 Å². The molecule has 0 spiro atoms. The van der Waals surface area contributed by atoms with Gasteiger partial charge in [-0.25, -0.2) is 91.1 Å². The van der Waals surface area contributed by atoms with Gasteiger partial charge in [0, 0.05) is 19.6 Å². The minimum Gasteiger partial charge on any atom is -0.744 e. The summed E-state index contributed by atoms with van der Waals surface area (Å²) in [6, 6.07) is 80.0. The number of hydrogen-bond acceptors (Lipinski definition) is 11. The molecule has 11 rings (SSSR count). The van der Waals surface area contributed by atoms with E-state index in [1.165, 1.54) is 56.1 Å². The molecule has 11 aromatic rings. The van der Waals surface area contributed by atoms with E-state index < -0.39 is 132 Å². The molecule has 98 heavy (non-hydrogen) atoms. The van der Waals surface area contributed by atoms with Crippen molar-refractivity contribution in [2.24, 2.45) is 0 Å². The summed E-state index contributed by atoms with van der Waals surface area (Å²) in [7, 11) is -17.6. The predicted molar refractivity (Wildman–Crippen MR) is 324 cm³/mol. The maximum absolute atomic E-state index is 12.6. The van der Waals surface area contributed by atoms with Crippen molar-refractivity contribution in [1.82, 2.24) is 0 Å². The van der Waals surface area contributed by atoms with Crippen LogP contribution in [-0.2, 0) is 52.1 Å². The fourth-order valence-electron chi connectivity index (χ4n) is 8.27. The van der Waals surface area contributed by atoms with E-state index >= 15 is 0 Å². The highest BCUT2D eigenvalue weighted by Crippen LogP contribution is 2.37. The fraction of sp³-hybridized carbons (Fsp3) is 0. The monoisotopic (exact) mass is 1610 g/mol. The predicted octanol–water partition coefficient (Wildman–Crippen LogP) is 14.2. The van der Waals surface area contributed by atoms with Gasteiger partial charge < -0.3 is 13.7 Å². The summed E-state index contributed by atoms with van der Waals surface area (Å²) in [6.07, 6.45) is 0. The molecule has 0 unspecified atom stereocenters. The zero-order chi connectivity index (χ0) is 71.6. The van der Waals surface area contributed by atoms with E-state index in [2.05, 4.69) is 218 Å². The zero-order valence-electron chi connectivity index (χ0n) is 48.4. The minimum atomic E-state index is -5.77. The van der Waals surface area contributed by atoms with Gasteiger partial charge in [0.05, 0.1) is 21.8 Å². The van der Waals surface area contributed by atoms with Crippen LogP contribution in [0.3, 0.4) is 0 Å². The smallest absolute Gasteiger partial charge is 0.357 e. The Morgan fingerprint density at radius 1 is 0.235 bits per heavy atom. The van der Waals surface area contributed by atoms with Crippen molar-refractivity contribution in [2.75, 3.05) is 0 Å². The van der Waals surface area contributed by atoms with Crippen molar-refractivity contribution in [3.05, 3.63) is 313 Å². The SMILES string of the molecule is O=S(=O)([O-])c1c(F)c(F)c(F)c(F)c1F.O=S(=O)([O-])c1c(F)c(F)c(F)c(F)c1F.O=S(=O)([O-])c1c(F)c(F)c(F)c(F)c1F.c1ccc([S+](c2ccccc2)c2ccc(Sc3ccc([I+]c4ccc(Sc5ccc([S+](c6ccccc6)c6ccccc6)cc5)cc4)cc3)cc2)cc1. The van der Waals surface area contributed by atoms with Crippen molar-refractivity contribution in [1.29, 1.82) is 0 Å². The minimum absolute atomic E-state index is 0.126. The zero-order valence-corrected chi connectivity index (χ0v) is 56.2. The Balaban J connectivity index is 0.000000219. The van der Waals surface area contributed by atoms with Crippen LogP contribution in [0.4, 0.5) is 65.9 Å². The molecule has 0 bridgehead atoms. The van der Waals surface area contributed by atoms with Gasteiger partial charge in [0.15, 0.2) is 106 Å². The highest BCUT2D eigenvalue weighted by molar-refractivity contribution is 7.99. The first-order valence-corrected chi connectivity index (χ1v) is 37.3. The Morgan fingerprint density at radius 2 is 0.398 bits per heavy atom. The van der Waals surface area contributed by atoms with Crippen LogP contribution < -0.4 is 21.2 Å². The van der Waals surface area contributed by atoms with Crippen LogP contribution >= 0.6 is 23.5 Å². The molecule has 0 saturated carbocycles. The summed E-state index contributed by atoms with van der Waals surface area (Å²) >= 11 is 3.41. The molecular weight excluding hydrogens is 1570 g/mol. The quantitative estimate of drug-likeness (QED) is 0.0239. The van der Waals surface area contributed by atoms with Gasteiger partial charge in [-0.05, 0) is 146 Å². The first kappa shape index (κ1) is 76.0. The van der Waals surface area contributed by atoms with Gasteiger partial charge in [-0.15, -0.1) is 0 Å². The maximum atomic E-state index is 12.6. The van der Waals surface area contributed by atoms with Crippen LogP contribution in [0.1, 0.15) is 0 Å². The van der Waals surface area contributed by atoms with Gasteiger partial charge in [-0.1, -0.05) is 96.3 Å². The first-order valence-electron chi connectivity index (χ1n) is 26.8. The van der Waals surface area contributed by atoms with Gasteiger partial charge in [-0.2, -0.15) is 0 Å². The normalized spacial score (nSPS) is 11.5. The molecule has 0 N–H and O–H groups in total. The van der Waals surface area contributed by atoms with Gasteiger partial charge in [0.25, 0.3) is 0 Å². The molecule has 508 valence electrons.